The second-order valence-electron chi connectivity index (χ2n) is 8.84. The third kappa shape index (κ3) is 6.72. The zero-order valence-electron chi connectivity index (χ0n) is 19.3. The number of nitrogens with zero attached hydrogens (tertiary/aromatic N) is 3. The molecule has 2 atom stereocenters. The number of hydrogen-bond acceptors (Lipinski definition) is 4. The number of likely N-dealkylation sites (N-methyl/N-ethyl adjacent to an activating group) is 1. The number of benzene rings is 1. The van der Waals surface area contributed by atoms with E-state index in [9.17, 15) is 0 Å². The average Bonchev–Trinajstić information content (AvgIpc) is 2.71. The van der Waals surface area contributed by atoms with Gasteiger partial charge in [-0.15, -0.1) is 24.0 Å². The molecule has 1 aromatic rings. The number of halogens is 1. The van der Waals surface area contributed by atoms with Crippen LogP contribution >= 0.6 is 24.0 Å². The van der Waals surface area contributed by atoms with Crippen LogP contribution in [0.15, 0.2) is 29.3 Å². The van der Waals surface area contributed by atoms with E-state index in [1.807, 2.05) is 6.07 Å². The van der Waals surface area contributed by atoms with E-state index in [1.54, 1.807) is 0 Å². The third-order valence-corrected chi connectivity index (χ3v) is 6.02. The van der Waals surface area contributed by atoms with Crippen molar-refractivity contribution < 1.29 is 4.74 Å². The number of guanidine groups is 1. The number of fused-ring (bicyclic) bond motifs is 1. The maximum absolute atomic E-state index is 6.18. The molecular formula is C23H40IN5O. The number of piperazine rings is 1. The number of aliphatic imine (C=N–C) groups is 1. The van der Waals surface area contributed by atoms with Crippen molar-refractivity contribution in [2.75, 3.05) is 45.8 Å². The molecule has 1 fully saturated rings. The minimum Gasteiger partial charge on any atom is -0.487 e. The summed E-state index contributed by atoms with van der Waals surface area (Å²) in [5.74, 6) is 1.86. The van der Waals surface area contributed by atoms with Crippen molar-refractivity contribution in [1.82, 2.24) is 20.4 Å². The van der Waals surface area contributed by atoms with E-state index in [0.717, 1.165) is 63.9 Å². The molecule has 2 unspecified atom stereocenters. The smallest absolute Gasteiger partial charge is 0.191 e. The van der Waals surface area contributed by atoms with E-state index in [1.165, 1.54) is 5.56 Å². The minimum absolute atomic E-state index is 0. The van der Waals surface area contributed by atoms with Gasteiger partial charge >= 0.3 is 0 Å². The summed E-state index contributed by atoms with van der Waals surface area (Å²) in [5, 5.41) is 7.11. The molecule has 2 N–H and O–H groups in total. The second-order valence-corrected chi connectivity index (χ2v) is 8.84. The van der Waals surface area contributed by atoms with Gasteiger partial charge in [0.15, 0.2) is 5.96 Å². The molecule has 0 aliphatic carbocycles. The molecule has 3 rings (SSSR count). The predicted molar refractivity (Wildman–Crippen MR) is 136 cm³/mol. The summed E-state index contributed by atoms with van der Waals surface area (Å²) >= 11 is 0. The number of nitrogens with one attached hydrogen (secondary N) is 2. The average molecular weight is 530 g/mol. The Kier molecular flexibility index (Phi) is 9.68. The van der Waals surface area contributed by atoms with E-state index in [4.69, 9.17) is 9.73 Å². The van der Waals surface area contributed by atoms with Gasteiger partial charge in [-0.3, -0.25) is 9.89 Å². The molecule has 0 spiro atoms. The van der Waals surface area contributed by atoms with E-state index >= 15 is 0 Å². The normalized spacial score (nSPS) is 23.0. The van der Waals surface area contributed by atoms with Gasteiger partial charge in [0.05, 0.1) is 12.6 Å². The summed E-state index contributed by atoms with van der Waals surface area (Å²) in [4.78, 5) is 10.0. The molecule has 170 valence electrons. The molecule has 1 aromatic carbocycles. The highest BCUT2D eigenvalue weighted by Crippen LogP contribution is 2.39. The third-order valence-electron chi connectivity index (χ3n) is 6.02. The van der Waals surface area contributed by atoms with E-state index < -0.39 is 0 Å². The molecule has 2 aliphatic heterocycles. The van der Waals surface area contributed by atoms with Crippen LogP contribution in [0.2, 0.25) is 0 Å². The molecule has 30 heavy (non-hydrogen) atoms. The van der Waals surface area contributed by atoms with Crippen molar-refractivity contribution >= 4 is 29.9 Å². The van der Waals surface area contributed by atoms with E-state index in [-0.39, 0.29) is 35.6 Å². The lowest BCUT2D eigenvalue weighted by Crippen LogP contribution is -2.50. The SMILES string of the molecule is CCNC(=NCC(C)N1CCN(CC)CC1)NC1CC(C)(C)Oc2ccccc21.I. The Morgan fingerprint density at radius 1 is 1.20 bits per heavy atom. The molecule has 0 saturated carbocycles. The van der Waals surface area contributed by atoms with Gasteiger partial charge in [0, 0.05) is 50.7 Å². The lowest BCUT2D eigenvalue weighted by molar-refractivity contribution is 0.0693. The number of ether oxygens (including phenoxy) is 1. The van der Waals surface area contributed by atoms with Gasteiger partial charge in [-0.25, -0.2) is 0 Å². The summed E-state index contributed by atoms with van der Waals surface area (Å²) in [6, 6.07) is 8.97. The first-order chi connectivity index (χ1) is 13.9. The standard InChI is InChI=1S/C23H39N5O.HI/c1-6-24-22(25-17-18(3)28-14-12-27(7-2)13-15-28)26-20-16-23(4,5)29-21-11-9-8-10-19(20)21;/h8-11,18,20H,6-7,12-17H2,1-5H3,(H2,24,25,26);1H. The lowest BCUT2D eigenvalue weighted by Gasteiger charge is -2.38. The van der Waals surface area contributed by atoms with Crippen molar-refractivity contribution in [2.24, 2.45) is 4.99 Å². The summed E-state index contributed by atoms with van der Waals surface area (Å²) < 4.78 is 6.18. The summed E-state index contributed by atoms with van der Waals surface area (Å²) in [7, 11) is 0. The van der Waals surface area contributed by atoms with Crippen LogP contribution in [-0.2, 0) is 0 Å². The van der Waals surface area contributed by atoms with Crippen LogP contribution in [0.4, 0.5) is 0 Å². The van der Waals surface area contributed by atoms with Crippen molar-refractivity contribution in [3.8, 4) is 5.75 Å². The van der Waals surface area contributed by atoms with Gasteiger partial charge < -0.3 is 20.3 Å². The Hall–Kier alpha value is -1.06. The van der Waals surface area contributed by atoms with Crippen molar-refractivity contribution in [3.63, 3.8) is 0 Å². The molecule has 2 aliphatic rings. The molecule has 1 saturated heterocycles. The first kappa shape index (κ1) is 25.2. The molecule has 0 bridgehead atoms. The zero-order chi connectivity index (χ0) is 20.9. The van der Waals surface area contributed by atoms with Gasteiger partial charge in [0.2, 0.25) is 0 Å². The summed E-state index contributed by atoms with van der Waals surface area (Å²) in [5.41, 5.74) is 1.01. The quantitative estimate of drug-likeness (QED) is 0.336. The highest BCUT2D eigenvalue weighted by molar-refractivity contribution is 14.0. The molecular weight excluding hydrogens is 489 g/mol. The first-order valence-electron chi connectivity index (χ1n) is 11.2. The van der Waals surface area contributed by atoms with Gasteiger partial charge in [-0.1, -0.05) is 25.1 Å². The molecule has 6 nitrogen and oxygen atoms in total. The molecule has 2 heterocycles. The Morgan fingerprint density at radius 2 is 1.90 bits per heavy atom. The maximum Gasteiger partial charge on any atom is 0.191 e. The second kappa shape index (κ2) is 11.5. The molecule has 0 aromatic heterocycles. The van der Waals surface area contributed by atoms with Gasteiger partial charge in [0.25, 0.3) is 0 Å². The fourth-order valence-electron chi connectivity index (χ4n) is 4.28. The highest BCUT2D eigenvalue weighted by Gasteiger charge is 2.34. The van der Waals surface area contributed by atoms with Crippen molar-refractivity contribution in [2.45, 2.75) is 58.7 Å². The Labute approximate surface area is 199 Å². The molecule has 0 radical (unpaired) electrons. The van der Waals surface area contributed by atoms with Gasteiger partial charge in [-0.2, -0.15) is 0 Å². The van der Waals surface area contributed by atoms with Crippen LogP contribution in [0.1, 0.15) is 52.6 Å². The predicted octanol–water partition coefficient (Wildman–Crippen LogP) is 3.49. The van der Waals surface area contributed by atoms with E-state index in [2.05, 4.69) is 73.3 Å². The maximum atomic E-state index is 6.18. The number of hydrogen-bond donors (Lipinski definition) is 2. The first-order valence-corrected chi connectivity index (χ1v) is 11.2. The van der Waals surface area contributed by atoms with Crippen LogP contribution < -0.4 is 15.4 Å². The van der Waals surface area contributed by atoms with Gasteiger partial charge in [0.1, 0.15) is 11.4 Å². The monoisotopic (exact) mass is 529 g/mol. The van der Waals surface area contributed by atoms with Crippen molar-refractivity contribution in [3.05, 3.63) is 29.8 Å². The fourth-order valence-corrected chi connectivity index (χ4v) is 4.28. The Morgan fingerprint density at radius 3 is 2.57 bits per heavy atom. The van der Waals surface area contributed by atoms with Gasteiger partial charge in [-0.05, 0) is 40.3 Å². The largest absolute Gasteiger partial charge is 0.487 e. The lowest BCUT2D eigenvalue weighted by atomic mass is 9.90. The van der Waals surface area contributed by atoms with Crippen LogP contribution in [0.5, 0.6) is 5.75 Å². The molecule has 0 amide bonds. The summed E-state index contributed by atoms with van der Waals surface area (Å²) in [6.45, 7) is 18.4. The highest BCUT2D eigenvalue weighted by atomic mass is 127. The Balaban J connectivity index is 0.00000320. The fraction of sp³-hybridized carbons (Fsp3) is 0.696. The van der Waals surface area contributed by atoms with Crippen LogP contribution in [0, 0.1) is 0 Å². The van der Waals surface area contributed by atoms with Crippen molar-refractivity contribution in [1.29, 1.82) is 0 Å². The number of rotatable bonds is 6. The molecule has 7 heteroatoms. The Bertz CT molecular complexity index is 688. The summed E-state index contributed by atoms with van der Waals surface area (Å²) in [6.07, 6.45) is 0.906. The number of para-hydroxylation sites is 1. The van der Waals surface area contributed by atoms with Crippen LogP contribution in [0.25, 0.3) is 0 Å². The van der Waals surface area contributed by atoms with Crippen LogP contribution in [-0.4, -0.2) is 73.2 Å². The van der Waals surface area contributed by atoms with E-state index in [0.29, 0.717) is 6.04 Å². The van der Waals surface area contributed by atoms with Crippen LogP contribution in [0.3, 0.4) is 0 Å². The minimum atomic E-state index is -0.199. The zero-order valence-corrected chi connectivity index (χ0v) is 21.6. The topological polar surface area (TPSA) is 52.1 Å².